The highest BCUT2D eigenvalue weighted by atomic mass is 19.1. The first-order valence-corrected chi connectivity index (χ1v) is 5.94. The molecule has 0 bridgehead atoms. The fourth-order valence-corrected chi connectivity index (χ4v) is 2.13. The summed E-state index contributed by atoms with van der Waals surface area (Å²) in [5.41, 5.74) is 1.51. The zero-order valence-corrected chi connectivity index (χ0v) is 10.3. The van der Waals surface area contributed by atoms with Gasteiger partial charge in [-0.05, 0) is 18.2 Å². The van der Waals surface area contributed by atoms with Crippen LogP contribution in [0.1, 0.15) is 0 Å². The van der Waals surface area contributed by atoms with E-state index < -0.39 is 11.8 Å². The molecule has 0 atom stereocenters. The number of benzene rings is 1. The third-order valence-electron chi connectivity index (χ3n) is 2.96. The largest absolute Gasteiger partial charge is 0.480 e. The van der Waals surface area contributed by atoms with Crippen LogP contribution in [-0.2, 0) is 11.3 Å². The van der Waals surface area contributed by atoms with Crippen molar-refractivity contribution in [3.63, 3.8) is 0 Å². The van der Waals surface area contributed by atoms with Gasteiger partial charge in [0.1, 0.15) is 12.4 Å². The second-order valence-corrected chi connectivity index (χ2v) is 4.26. The predicted octanol–water partition coefficient (Wildman–Crippen LogP) is 2.32. The van der Waals surface area contributed by atoms with Crippen molar-refractivity contribution in [2.45, 2.75) is 6.54 Å². The van der Waals surface area contributed by atoms with E-state index in [-0.39, 0.29) is 17.9 Å². The zero-order valence-electron chi connectivity index (χ0n) is 10.3. The van der Waals surface area contributed by atoms with Gasteiger partial charge in [-0.1, -0.05) is 12.1 Å². The van der Waals surface area contributed by atoms with Crippen LogP contribution < -0.4 is 0 Å². The minimum absolute atomic E-state index is 0.234. The number of aliphatic carboxylic acids is 1. The van der Waals surface area contributed by atoms with Crippen LogP contribution in [0, 0.1) is 5.82 Å². The summed E-state index contributed by atoms with van der Waals surface area (Å²) in [5, 5.41) is 9.03. The van der Waals surface area contributed by atoms with Gasteiger partial charge in [0.05, 0.1) is 22.8 Å². The smallest absolute Gasteiger partial charge is 0.323 e. The summed E-state index contributed by atoms with van der Waals surface area (Å²) < 4.78 is 15.3. The molecule has 3 rings (SSSR count). The summed E-state index contributed by atoms with van der Waals surface area (Å²) in [6.07, 6.45) is 2.53. The molecule has 0 fully saturated rings. The summed E-state index contributed by atoms with van der Waals surface area (Å²) in [6, 6.07) is 8.58. The number of pyridine rings is 1. The molecule has 0 saturated heterocycles. The van der Waals surface area contributed by atoms with Crippen molar-refractivity contribution in [1.82, 2.24) is 14.5 Å². The number of imidazole rings is 1. The van der Waals surface area contributed by atoms with Crippen LogP contribution in [0.15, 0.2) is 42.7 Å². The van der Waals surface area contributed by atoms with Crippen molar-refractivity contribution in [3.05, 3.63) is 48.5 Å². The van der Waals surface area contributed by atoms with Crippen LogP contribution in [0.2, 0.25) is 0 Å². The van der Waals surface area contributed by atoms with Gasteiger partial charge < -0.3 is 9.67 Å². The van der Waals surface area contributed by atoms with Crippen molar-refractivity contribution >= 4 is 17.0 Å². The van der Waals surface area contributed by atoms with E-state index in [2.05, 4.69) is 9.97 Å². The maximum atomic E-state index is 13.9. The second kappa shape index (κ2) is 4.73. The number of carbonyl (C=O) groups is 1. The number of rotatable bonds is 3. The molecule has 2 heterocycles. The molecule has 2 aromatic heterocycles. The normalized spacial score (nSPS) is 10.8. The first kappa shape index (κ1) is 12.3. The molecule has 0 amide bonds. The standard InChI is InChI=1S/C14H10FN3O2/c15-10-7-16-6-5-9(10)14-17-11-3-1-2-4-12(11)18(14)8-13(19)20/h1-7H,8H2,(H,19,20). The number of para-hydroxylation sites is 2. The average Bonchev–Trinajstić information content (AvgIpc) is 2.78. The highest BCUT2D eigenvalue weighted by molar-refractivity contribution is 5.82. The molecule has 3 aromatic rings. The summed E-state index contributed by atoms with van der Waals surface area (Å²) in [5.74, 6) is -1.26. The van der Waals surface area contributed by atoms with Gasteiger partial charge in [-0.15, -0.1) is 0 Å². The lowest BCUT2D eigenvalue weighted by molar-refractivity contribution is -0.137. The fourth-order valence-electron chi connectivity index (χ4n) is 2.13. The molecule has 6 heteroatoms. The van der Waals surface area contributed by atoms with E-state index >= 15 is 0 Å². The molecule has 5 nitrogen and oxygen atoms in total. The third-order valence-corrected chi connectivity index (χ3v) is 2.96. The Morgan fingerprint density at radius 2 is 2.10 bits per heavy atom. The molecule has 0 aliphatic carbocycles. The molecule has 0 aliphatic rings. The summed E-state index contributed by atoms with van der Waals surface area (Å²) in [4.78, 5) is 19.0. The van der Waals surface area contributed by atoms with Crippen LogP contribution in [-0.4, -0.2) is 25.6 Å². The molecule has 20 heavy (non-hydrogen) atoms. The molecule has 100 valence electrons. The van der Waals surface area contributed by atoms with E-state index in [0.29, 0.717) is 11.0 Å². The highest BCUT2D eigenvalue weighted by Crippen LogP contribution is 2.26. The van der Waals surface area contributed by atoms with Crippen molar-refractivity contribution < 1.29 is 14.3 Å². The first-order chi connectivity index (χ1) is 9.66. The minimum atomic E-state index is -1.01. The molecular weight excluding hydrogens is 261 g/mol. The highest BCUT2D eigenvalue weighted by Gasteiger charge is 2.17. The molecular formula is C14H10FN3O2. The van der Waals surface area contributed by atoms with Gasteiger partial charge in [-0.3, -0.25) is 9.78 Å². The maximum absolute atomic E-state index is 13.9. The topological polar surface area (TPSA) is 68.0 Å². The van der Waals surface area contributed by atoms with Crippen LogP contribution >= 0.6 is 0 Å². The van der Waals surface area contributed by atoms with Crippen molar-refractivity contribution in [2.24, 2.45) is 0 Å². The number of fused-ring (bicyclic) bond motifs is 1. The Morgan fingerprint density at radius 1 is 1.30 bits per heavy atom. The van der Waals surface area contributed by atoms with Crippen molar-refractivity contribution in [1.29, 1.82) is 0 Å². The Bertz CT molecular complexity index is 798. The fraction of sp³-hybridized carbons (Fsp3) is 0.0714. The van der Waals surface area contributed by atoms with Gasteiger partial charge in [0.2, 0.25) is 0 Å². The van der Waals surface area contributed by atoms with E-state index in [1.165, 1.54) is 16.8 Å². The molecule has 0 aliphatic heterocycles. The quantitative estimate of drug-likeness (QED) is 0.793. The number of hydrogen-bond acceptors (Lipinski definition) is 3. The Balaban J connectivity index is 2.29. The Kier molecular flexibility index (Phi) is 2.90. The first-order valence-electron chi connectivity index (χ1n) is 5.94. The van der Waals surface area contributed by atoms with Gasteiger partial charge in [0.25, 0.3) is 0 Å². The van der Waals surface area contributed by atoms with E-state index in [1.807, 2.05) is 0 Å². The van der Waals surface area contributed by atoms with E-state index in [1.54, 1.807) is 24.3 Å². The van der Waals surface area contributed by atoms with Crippen LogP contribution in [0.5, 0.6) is 0 Å². The average molecular weight is 271 g/mol. The summed E-state index contributed by atoms with van der Waals surface area (Å²) in [7, 11) is 0. The number of hydrogen-bond donors (Lipinski definition) is 1. The lowest BCUT2D eigenvalue weighted by Crippen LogP contribution is -2.10. The van der Waals surface area contributed by atoms with Gasteiger partial charge in [-0.2, -0.15) is 0 Å². The lowest BCUT2D eigenvalue weighted by atomic mass is 10.2. The van der Waals surface area contributed by atoms with Crippen molar-refractivity contribution in [3.8, 4) is 11.4 Å². The predicted molar refractivity (Wildman–Crippen MR) is 70.6 cm³/mol. The van der Waals surface area contributed by atoms with Crippen LogP contribution in [0.4, 0.5) is 4.39 Å². The molecule has 0 radical (unpaired) electrons. The van der Waals surface area contributed by atoms with E-state index in [4.69, 9.17) is 5.11 Å². The van der Waals surface area contributed by atoms with Gasteiger partial charge >= 0.3 is 5.97 Å². The number of carboxylic acids is 1. The SMILES string of the molecule is O=C(O)Cn1c(-c2ccncc2F)nc2ccccc21. The van der Waals surface area contributed by atoms with E-state index in [0.717, 1.165) is 6.20 Å². The van der Waals surface area contributed by atoms with E-state index in [9.17, 15) is 9.18 Å². The molecule has 0 unspecified atom stereocenters. The Hall–Kier alpha value is -2.76. The molecule has 0 spiro atoms. The molecule has 1 N–H and O–H groups in total. The van der Waals surface area contributed by atoms with Crippen LogP contribution in [0.3, 0.4) is 0 Å². The van der Waals surface area contributed by atoms with Gasteiger partial charge in [0, 0.05) is 6.20 Å². The number of carboxylic acid groups (broad SMARTS) is 1. The number of nitrogens with zero attached hydrogens (tertiary/aromatic N) is 3. The maximum Gasteiger partial charge on any atom is 0.323 e. The number of aromatic nitrogens is 3. The van der Waals surface area contributed by atoms with Gasteiger partial charge in [0.15, 0.2) is 5.82 Å². The van der Waals surface area contributed by atoms with Crippen molar-refractivity contribution in [2.75, 3.05) is 0 Å². The summed E-state index contributed by atoms with van der Waals surface area (Å²) in [6.45, 7) is -0.280. The second-order valence-electron chi connectivity index (χ2n) is 4.26. The summed E-state index contributed by atoms with van der Waals surface area (Å²) >= 11 is 0. The monoisotopic (exact) mass is 271 g/mol. The third kappa shape index (κ3) is 2.01. The Morgan fingerprint density at radius 3 is 2.85 bits per heavy atom. The molecule has 1 aromatic carbocycles. The van der Waals surface area contributed by atoms with Gasteiger partial charge in [-0.25, -0.2) is 9.37 Å². The minimum Gasteiger partial charge on any atom is -0.480 e. The Labute approximate surface area is 113 Å². The lowest BCUT2D eigenvalue weighted by Gasteiger charge is -2.06. The zero-order chi connectivity index (χ0) is 14.1. The molecule has 0 saturated carbocycles. The number of halogens is 1. The van der Waals surface area contributed by atoms with Crippen LogP contribution in [0.25, 0.3) is 22.4 Å².